The van der Waals surface area contributed by atoms with E-state index in [2.05, 4.69) is 4.98 Å². The fourth-order valence-corrected chi connectivity index (χ4v) is 4.31. The predicted molar refractivity (Wildman–Crippen MR) is 137 cm³/mol. The minimum Gasteiger partial charge on any atom is -0.489 e. The first-order valence-electron chi connectivity index (χ1n) is 12.4. The second kappa shape index (κ2) is 10.9. The van der Waals surface area contributed by atoms with Gasteiger partial charge in [-0.2, -0.15) is 0 Å². The van der Waals surface area contributed by atoms with Gasteiger partial charge in [-0.1, -0.05) is 48.9 Å². The zero-order valence-corrected chi connectivity index (χ0v) is 20.8. The summed E-state index contributed by atoms with van der Waals surface area (Å²) in [6, 6.07) is 18.7. The van der Waals surface area contributed by atoms with E-state index in [1.54, 1.807) is 30.5 Å². The van der Waals surface area contributed by atoms with E-state index in [0.717, 1.165) is 29.5 Å². The average molecular weight is 472 g/mol. The summed E-state index contributed by atoms with van der Waals surface area (Å²) in [5.74, 6) is 0.240. The molecule has 0 amide bonds. The minimum absolute atomic E-state index is 0.0851. The van der Waals surface area contributed by atoms with Crippen LogP contribution in [0.5, 0.6) is 5.75 Å². The van der Waals surface area contributed by atoms with Gasteiger partial charge in [0.15, 0.2) is 5.78 Å². The monoisotopic (exact) mass is 471 g/mol. The highest BCUT2D eigenvalue weighted by Gasteiger charge is 2.21. The van der Waals surface area contributed by atoms with Gasteiger partial charge in [0.05, 0.1) is 17.9 Å². The van der Waals surface area contributed by atoms with Gasteiger partial charge in [0.1, 0.15) is 17.0 Å². The number of aromatic nitrogens is 1. The number of esters is 1. The van der Waals surface area contributed by atoms with Gasteiger partial charge in [-0.05, 0) is 75.8 Å². The molecule has 0 bridgehead atoms. The molecule has 1 saturated carbocycles. The Labute approximate surface area is 207 Å². The molecular weight excluding hydrogens is 438 g/mol. The average Bonchev–Trinajstić information content (AvgIpc) is 2.84. The summed E-state index contributed by atoms with van der Waals surface area (Å²) in [7, 11) is 0. The molecule has 5 heteroatoms. The lowest BCUT2D eigenvalue weighted by atomic mass is 9.97. The Morgan fingerprint density at radius 3 is 2.29 bits per heavy atom. The highest BCUT2D eigenvalue weighted by Crippen LogP contribution is 2.30. The summed E-state index contributed by atoms with van der Waals surface area (Å²) < 4.78 is 11.6. The third kappa shape index (κ3) is 6.78. The Morgan fingerprint density at radius 2 is 1.63 bits per heavy atom. The fraction of sp³-hybridized carbons (Fsp3) is 0.367. The number of rotatable bonds is 7. The molecule has 4 rings (SSSR count). The molecule has 0 atom stereocenters. The van der Waals surface area contributed by atoms with Gasteiger partial charge in [-0.3, -0.25) is 4.79 Å². The normalized spacial score (nSPS) is 14.4. The molecule has 1 fully saturated rings. The third-order valence-corrected chi connectivity index (χ3v) is 6.02. The second-order valence-electron chi connectivity index (χ2n) is 10.1. The van der Waals surface area contributed by atoms with E-state index in [1.807, 2.05) is 57.2 Å². The van der Waals surface area contributed by atoms with Crippen molar-refractivity contribution in [1.29, 1.82) is 0 Å². The van der Waals surface area contributed by atoms with Crippen molar-refractivity contribution >= 4 is 11.8 Å². The quantitative estimate of drug-likeness (QED) is 0.279. The van der Waals surface area contributed by atoms with Crippen LogP contribution in [-0.4, -0.2) is 28.4 Å². The number of carbonyl (C=O) groups is 2. The SMILES string of the molecule is CC(C)(C)OC(=O)c1ccc(CC(=O)c2ncc(OC3CCCCC3)cc2-c2ccccc2)cc1. The topological polar surface area (TPSA) is 65.5 Å². The molecule has 0 spiro atoms. The Balaban J connectivity index is 1.54. The van der Waals surface area contributed by atoms with Gasteiger partial charge in [-0.15, -0.1) is 0 Å². The fourth-order valence-electron chi connectivity index (χ4n) is 4.31. The number of hydrogen-bond donors (Lipinski definition) is 0. The minimum atomic E-state index is -0.557. The predicted octanol–water partition coefficient (Wildman–Crippen LogP) is 6.84. The standard InChI is InChI=1S/C30H33NO4/c1-30(2,3)35-29(33)23-16-14-21(15-17-23)18-27(32)28-26(22-10-6-4-7-11-22)19-25(20-31-28)34-24-12-8-5-9-13-24/h4,6-7,10-11,14-17,19-20,24H,5,8-9,12-13,18H2,1-3H3. The van der Waals surface area contributed by atoms with Crippen molar-refractivity contribution in [1.82, 2.24) is 4.98 Å². The Hall–Kier alpha value is -3.47. The van der Waals surface area contributed by atoms with E-state index in [9.17, 15) is 9.59 Å². The molecular formula is C30H33NO4. The van der Waals surface area contributed by atoms with Gasteiger partial charge in [0.25, 0.3) is 0 Å². The summed E-state index contributed by atoms with van der Waals surface area (Å²) in [5.41, 5.74) is 2.84. The van der Waals surface area contributed by atoms with Crippen molar-refractivity contribution < 1.29 is 19.1 Å². The molecule has 1 aliphatic carbocycles. The number of carbonyl (C=O) groups excluding carboxylic acids is 2. The first kappa shape index (κ1) is 24.6. The second-order valence-corrected chi connectivity index (χ2v) is 10.1. The molecule has 0 unspecified atom stereocenters. The summed E-state index contributed by atoms with van der Waals surface area (Å²) in [6.07, 6.45) is 7.81. The van der Waals surface area contributed by atoms with Gasteiger partial charge in [-0.25, -0.2) is 9.78 Å². The number of ether oxygens (including phenoxy) is 2. The Kier molecular flexibility index (Phi) is 7.64. The van der Waals surface area contributed by atoms with E-state index in [4.69, 9.17) is 9.47 Å². The molecule has 3 aromatic rings. The van der Waals surface area contributed by atoms with Crippen molar-refractivity contribution in [2.75, 3.05) is 0 Å². The van der Waals surface area contributed by atoms with Crippen LogP contribution in [0.3, 0.4) is 0 Å². The van der Waals surface area contributed by atoms with Gasteiger partial charge >= 0.3 is 5.97 Å². The molecule has 1 aliphatic rings. The molecule has 0 saturated heterocycles. The first-order chi connectivity index (χ1) is 16.8. The maximum absolute atomic E-state index is 13.3. The Morgan fingerprint density at radius 1 is 0.943 bits per heavy atom. The molecule has 0 N–H and O–H groups in total. The largest absolute Gasteiger partial charge is 0.489 e. The number of hydrogen-bond acceptors (Lipinski definition) is 5. The van der Waals surface area contributed by atoms with Crippen molar-refractivity contribution in [2.45, 2.75) is 71.0 Å². The lowest BCUT2D eigenvalue weighted by molar-refractivity contribution is 0.00694. The van der Waals surface area contributed by atoms with Crippen molar-refractivity contribution in [3.63, 3.8) is 0 Å². The lowest BCUT2D eigenvalue weighted by Crippen LogP contribution is -2.23. The maximum atomic E-state index is 13.3. The van der Waals surface area contributed by atoms with Crippen LogP contribution in [0.4, 0.5) is 0 Å². The van der Waals surface area contributed by atoms with Crippen LogP contribution in [0.15, 0.2) is 66.9 Å². The van der Waals surface area contributed by atoms with E-state index in [-0.39, 0.29) is 24.3 Å². The molecule has 0 aliphatic heterocycles. The van der Waals surface area contributed by atoms with Crippen LogP contribution in [0.1, 0.15) is 79.3 Å². The van der Waals surface area contributed by atoms with Crippen molar-refractivity contribution in [2.24, 2.45) is 0 Å². The van der Waals surface area contributed by atoms with E-state index < -0.39 is 5.60 Å². The van der Waals surface area contributed by atoms with Crippen LogP contribution in [0.25, 0.3) is 11.1 Å². The number of ketones is 1. The van der Waals surface area contributed by atoms with E-state index >= 15 is 0 Å². The molecule has 5 nitrogen and oxygen atoms in total. The number of pyridine rings is 1. The molecule has 182 valence electrons. The summed E-state index contributed by atoms with van der Waals surface area (Å²) >= 11 is 0. The van der Waals surface area contributed by atoms with Crippen LogP contribution in [0.2, 0.25) is 0 Å². The highest BCUT2D eigenvalue weighted by molar-refractivity contribution is 6.02. The molecule has 1 heterocycles. The lowest BCUT2D eigenvalue weighted by Gasteiger charge is -2.23. The number of nitrogens with zero attached hydrogens (tertiary/aromatic N) is 1. The third-order valence-electron chi connectivity index (χ3n) is 6.02. The summed E-state index contributed by atoms with van der Waals surface area (Å²) in [4.78, 5) is 30.2. The first-order valence-corrected chi connectivity index (χ1v) is 12.4. The van der Waals surface area contributed by atoms with Gasteiger partial charge in [0.2, 0.25) is 0 Å². The molecule has 0 radical (unpaired) electrons. The van der Waals surface area contributed by atoms with Crippen LogP contribution in [0, 0.1) is 0 Å². The van der Waals surface area contributed by atoms with Crippen LogP contribution in [-0.2, 0) is 11.2 Å². The zero-order chi connectivity index (χ0) is 24.8. The van der Waals surface area contributed by atoms with E-state index in [1.165, 1.54) is 19.3 Å². The molecule has 2 aromatic carbocycles. The van der Waals surface area contributed by atoms with Crippen LogP contribution < -0.4 is 4.74 Å². The highest BCUT2D eigenvalue weighted by atomic mass is 16.6. The number of Topliss-reactive ketones (excluding diaryl/α,β-unsaturated/α-hetero) is 1. The van der Waals surface area contributed by atoms with Crippen LogP contribution >= 0.6 is 0 Å². The Bertz CT molecular complexity index is 1160. The molecule has 35 heavy (non-hydrogen) atoms. The van der Waals surface area contributed by atoms with Crippen molar-refractivity contribution in [3.8, 4) is 16.9 Å². The maximum Gasteiger partial charge on any atom is 0.338 e. The zero-order valence-electron chi connectivity index (χ0n) is 20.8. The van der Waals surface area contributed by atoms with Gasteiger partial charge < -0.3 is 9.47 Å². The van der Waals surface area contributed by atoms with E-state index in [0.29, 0.717) is 17.0 Å². The summed E-state index contributed by atoms with van der Waals surface area (Å²) in [5, 5.41) is 0. The smallest absolute Gasteiger partial charge is 0.338 e. The van der Waals surface area contributed by atoms with Gasteiger partial charge in [0, 0.05) is 12.0 Å². The summed E-state index contributed by atoms with van der Waals surface area (Å²) in [6.45, 7) is 5.50. The number of benzene rings is 2. The molecule has 1 aromatic heterocycles. The van der Waals surface area contributed by atoms with Crippen molar-refractivity contribution in [3.05, 3.63) is 83.7 Å².